The van der Waals surface area contributed by atoms with Gasteiger partial charge >= 0.3 is 0 Å². The molecule has 2 aromatic carbocycles. The predicted molar refractivity (Wildman–Crippen MR) is 100 cm³/mol. The van der Waals surface area contributed by atoms with Crippen LogP contribution in [0.2, 0.25) is 0 Å². The lowest BCUT2D eigenvalue weighted by Gasteiger charge is -2.11. The molecule has 0 aliphatic carbocycles. The van der Waals surface area contributed by atoms with Crippen molar-refractivity contribution in [3.8, 4) is 0 Å². The number of thiocarbonyl (C=S) groups is 1. The van der Waals surface area contributed by atoms with Gasteiger partial charge in [0.1, 0.15) is 0 Å². The van der Waals surface area contributed by atoms with Gasteiger partial charge in [0, 0.05) is 16.6 Å². The molecule has 0 aliphatic rings. The van der Waals surface area contributed by atoms with Crippen LogP contribution in [0.5, 0.6) is 0 Å². The highest BCUT2D eigenvalue weighted by Crippen LogP contribution is 2.11. The number of amides is 1. The highest BCUT2D eigenvalue weighted by Gasteiger charge is 2.05. The summed E-state index contributed by atoms with van der Waals surface area (Å²) in [5.74, 6) is -0.236. The van der Waals surface area contributed by atoms with E-state index in [9.17, 15) is 4.79 Å². The van der Waals surface area contributed by atoms with Crippen molar-refractivity contribution >= 4 is 39.2 Å². The summed E-state index contributed by atoms with van der Waals surface area (Å²) in [6.07, 6.45) is 1.95. The van der Waals surface area contributed by atoms with Crippen molar-refractivity contribution in [2.24, 2.45) is 0 Å². The number of halogens is 1. The predicted octanol–water partition coefficient (Wildman–Crippen LogP) is 3.19. The average Bonchev–Trinajstić information content (AvgIpc) is 2.57. The first-order chi connectivity index (χ1) is 11.1. The van der Waals surface area contributed by atoms with Crippen LogP contribution < -0.4 is 16.2 Å². The zero-order chi connectivity index (χ0) is 16.5. The van der Waals surface area contributed by atoms with Crippen LogP contribution in [0.15, 0.2) is 59.1 Å². The summed E-state index contributed by atoms with van der Waals surface area (Å²) in [6.45, 7) is 0.744. The van der Waals surface area contributed by atoms with E-state index in [1.807, 2.05) is 24.3 Å². The van der Waals surface area contributed by atoms with Crippen LogP contribution in [0, 0.1) is 0 Å². The fourth-order valence-electron chi connectivity index (χ4n) is 2.00. The molecule has 3 N–H and O–H groups in total. The Bertz CT molecular complexity index is 664. The first-order valence-electron chi connectivity index (χ1n) is 7.29. The van der Waals surface area contributed by atoms with Gasteiger partial charge in [-0.15, -0.1) is 0 Å². The second-order valence-corrected chi connectivity index (χ2v) is 6.26. The van der Waals surface area contributed by atoms with Crippen molar-refractivity contribution in [1.82, 2.24) is 16.2 Å². The number of hydrazine groups is 1. The molecule has 0 atom stereocenters. The van der Waals surface area contributed by atoms with Gasteiger partial charge in [-0.1, -0.05) is 52.3 Å². The summed E-state index contributed by atoms with van der Waals surface area (Å²) in [7, 11) is 0. The molecule has 23 heavy (non-hydrogen) atoms. The number of nitrogens with one attached hydrogen (secondary N) is 3. The van der Waals surface area contributed by atoms with Crippen LogP contribution in [0.1, 0.15) is 22.3 Å². The van der Waals surface area contributed by atoms with E-state index in [1.165, 1.54) is 5.56 Å². The fraction of sp³-hybridized carbons (Fsp3) is 0.176. The largest absolute Gasteiger partial charge is 0.361 e. The Balaban J connectivity index is 1.64. The van der Waals surface area contributed by atoms with Gasteiger partial charge in [-0.05, 0) is 48.8 Å². The van der Waals surface area contributed by atoms with Crippen molar-refractivity contribution in [3.63, 3.8) is 0 Å². The molecular formula is C17H18BrN3OS. The first-order valence-corrected chi connectivity index (χ1v) is 8.49. The molecule has 2 aromatic rings. The summed E-state index contributed by atoms with van der Waals surface area (Å²) in [5, 5.41) is 3.47. The van der Waals surface area contributed by atoms with Gasteiger partial charge in [-0.3, -0.25) is 15.6 Å². The van der Waals surface area contributed by atoms with Crippen LogP contribution in [0.4, 0.5) is 0 Å². The van der Waals surface area contributed by atoms with Gasteiger partial charge in [0.2, 0.25) is 0 Å². The third-order valence-corrected chi connectivity index (χ3v) is 3.89. The standard InChI is InChI=1S/C17H18BrN3OS/c18-15-10-4-9-14(12-15)16(22)20-21-17(23)19-11-5-8-13-6-2-1-3-7-13/h1-4,6-7,9-10,12H,5,8,11H2,(H,20,22)(H2,19,21,23). The van der Waals surface area contributed by atoms with Gasteiger partial charge < -0.3 is 5.32 Å². The molecule has 0 unspecified atom stereocenters. The maximum absolute atomic E-state index is 11.9. The van der Waals surface area contributed by atoms with E-state index >= 15 is 0 Å². The van der Waals surface area contributed by atoms with Crippen molar-refractivity contribution in [2.45, 2.75) is 12.8 Å². The van der Waals surface area contributed by atoms with Gasteiger partial charge in [0.05, 0.1) is 0 Å². The summed E-state index contributed by atoms with van der Waals surface area (Å²) >= 11 is 8.47. The van der Waals surface area contributed by atoms with Crippen LogP contribution in [0.25, 0.3) is 0 Å². The second kappa shape index (κ2) is 9.27. The quantitative estimate of drug-likeness (QED) is 0.416. The van der Waals surface area contributed by atoms with Crippen molar-refractivity contribution in [1.29, 1.82) is 0 Å². The number of carbonyl (C=O) groups is 1. The Hall–Kier alpha value is -1.92. The molecule has 0 saturated heterocycles. The van der Waals surface area contributed by atoms with Crippen LogP contribution >= 0.6 is 28.1 Å². The number of carbonyl (C=O) groups excluding carboxylic acids is 1. The van der Waals surface area contributed by atoms with Crippen molar-refractivity contribution < 1.29 is 4.79 Å². The molecule has 0 aromatic heterocycles. The van der Waals surface area contributed by atoms with Crippen LogP contribution in [0.3, 0.4) is 0 Å². The third kappa shape index (κ3) is 6.38. The van der Waals surface area contributed by atoms with E-state index in [0.717, 1.165) is 23.9 Å². The lowest BCUT2D eigenvalue weighted by atomic mass is 10.1. The van der Waals surface area contributed by atoms with Gasteiger partial charge in [-0.2, -0.15) is 0 Å². The highest BCUT2D eigenvalue weighted by atomic mass is 79.9. The Morgan fingerprint density at radius 1 is 1.04 bits per heavy atom. The number of benzene rings is 2. The molecule has 0 saturated carbocycles. The lowest BCUT2D eigenvalue weighted by Crippen LogP contribution is -2.47. The highest BCUT2D eigenvalue weighted by molar-refractivity contribution is 9.10. The maximum atomic E-state index is 11.9. The molecule has 120 valence electrons. The maximum Gasteiger partial charge on any atom is 0.269 e. The van der Waals surface area contributed by atoms with E-state index in [1.54, 1.807) is 18.2 Å². The minimum Gasteiger partial charge on any atom is -0.361 e. The molecule has 0 aliphatic heterocycles. The first kappa shape index (κ1) is 17.4. The Morgan fingerprint density at radius 3 is 2.57 bits per heavy atom. The Morgan fingerprint density at radius 2 is 1.83 bits per heavy atom. The summed E-state index contributed by atoms with van der Waals surface area (Å²) < 4.78 is 0.853. The van der Waals surface area contributed by atoms with Gasteiger partial charge in [-0.25, -0.2) is 0 Å². The van der Waals surface area contributed by atoms with Gasteiger partial charge in [0.15, 0.2) is 5.11 Å². The zero-order valence-corrected chi connectivity index (χ0v) is 14.9. The van der Waals surface area contributed by atoms with E-state index in [0.29, 0.717) is 10.7 Å². The molecule has 0 spiro atoms. The third-order valence-electron chi connectivity index (χ3n) is 3.15. The summed E-state index contributed by atoms with van der Waals surface area (Å²) in [6, 6.07) is 17.4. The minimum atomic E-state index is -0.236. The van der Waals surface area contributed by atoms with Crippen LogP contribution in [-0.2, 0) is 6.42 Å². The van der Waals surface area contributed by atoms with E-state index in [-0.39, 0.29) is 5.91 Å². The zero-order valence-electron chi connectivity index (χ0n) is 12.5. The summed E-state index contributed by atoms with van der Waals surface area (Å²) in [5.41, 5.74) is 7.13. The number of hydrogen-bond acceptors (Lipinski definition) is 2. The van der Waals surface area contributed by atoms with E-state index < -0.39 is 0 Å². The number of hydrogen-bond donors (Lipinski definition) is 3. The molecule has 0 bridgehead atoms. The monoisotopic (exact) mass is 391 g/mol. The minimum absolute atomic E-state index is 0.236. The van der Waals surface area contributed by atoms with Crippen molar-refractivity contribution in [2.75, 3.05) is 6.54 Å². The second-order valence-electron chi connectivity index (χ2n) is 4.93. The fourth-order valence-corrected chi connectivity index (χ4v) is 2.55. The Labute approximate surface area is 149 Å². The smallest absolute Gasteiger partial charge is 0.269 e. The molecule has 0 radical (unpaired) electrons. The molecule has 2 rings (SSSR count). The lowest BCUT2D eigenvalue weighted by molar-refractivity contribution is 0.0943. The van der Waals surface area contributed by atoms with Crippen molar-refractivity contribution in [3.05, 3.63) is 70.2 Å². The molecule has 0 heterocycles. The van der Waals surface area contributed by atoms with Crippen LogP contribution in [-0.4, -0.2) is 17.6 Å². The molecule has 4 nitrogen and oxygen atoms in total. The SMILES string of the molecule is O=C(NNC(=S)NCCCc1ccccc1)c1cccc(Br)c1. The average molecular weight is 392 g/mol. The normalized spacial score (nSPS) is 9.96. The summed E-state index contributed by atoms with van der Waals surface area (Å²) in [4.78, 5) is 11.9. The van der Waals surface area contributed by atoms with E-state index in [4.69, 9.17) is 12.2 Å². The Kier molecular flexibility index (Phi) is 7.03. The number of rotatable bonds is 5. The molecule has 1 amide bonds. The molecule has 0 fully saturated rings. The number of aryl methyl sites for hydroxylation is 1. The van der Waals surface area contributed by atoms with E-state index in [2.05, 4.69) is 44.2 Å². The topological polar surface area (TPSA) is 53.2 Å². The molecular weight excluding hydrogens is 374 g/mol. The van der Waals surface area contributed by atoms with Gasteiger partial charge in [0.25, 0.3) is 5.91 Å². The molecule has 6 heteroatoms.